The highest BCUT2D eigenvalue weighted by Gasteiger charge is 2.22. The maximum atomic E-state index is 12.4. The number of sulfone groups is 1. The van der Waals surface area contributed by atoms with E-state index in [1.807, 2.05) is 6.92 Å². The van der Waals surface area contributed by atoms with Crippen LogP contribution in [0.1, 0.15) is 31.1 Å². The molecule has 112 valence electrons. The van der Waals surface area contributed by atoms with Gasteiger partial charge < -0.3 is 10.0 Å². The molecule has 6 heteroatoms. The van der Waals surface area contributed by atoms with Crippen molar-refractivity contribution in [3.63, 3.8) is 0 Å². The lowest BCUT2D eigenvalue weighted by atomic mass is 10.1. The number of likely N-dealkylation sites (N-methyl/N-ethyl adjacent to an activating group) is 1. The van der Waals surface area contributed by atoms with Crippen LogP contribution in [0.25, 0.3) is 0 Å². The molecule has 0 heterocycles. The van der Waals surface area contributed by atoms with Gasteiger partial charge in [0.2, 0.25) is 0 Å². The fourth-order valence-electron chi connectivity index (χ4n) is 1.84. The molecular formula is C14H21NO4S. The number of benzene rings is 1. The van der Waals surface area contributed by atoms with Crippen molar-refractivity contribution in [1.82, 2.24) is 4.90 Å². The molecule has 5 nitrogen and oxygen atoms in total. The van der Waals surface area contributed by atoms with Crippen molar-refractivity contribution >= 4 is 15.7 Å². The maximum absolute atomic E-state index is 12.4. The van der Waals surface area contributed by atoms with Gasteiger partial charge >= 0.3 is 0 Å². The number of amides is 1. The van der Waals surface area contributed by atoms with Gasteiger partial charge in [-0.05, 0) is 39.0 Å². The van der Waals surface area contributed by atoms with Gasteiger partial charge in [0.1, 0.15) is 0 Å². The lowest BCUT2D eigenvalue weighted by molar-refractivity contribution is 0.0314. The minimum atomic E-state index is -3.35. The van der Waals surface area contributed by atoms with Gasteiger partial charge in [-0.3, -0.25) is 4.79 Å². The lowest BCUT2D eigenvalue weighted by Gasteiger charge is -2.28. The topological polar surface area (TPSA) is 74.7 Å². The van der Waals surface area contributed by atoms with E-state index in [9.17, 15) is 18.3 Å². The van der Waals surface area contributed by atoms with Crippen LogP contribution < -0.4 is 0 Å². The number of hydrogen-bond acceptors (Lipinski definition) is 4. The van der Waals surface area contributed by atoms with Crippen LogP contribution >= 0.6 is 0 Å². The first kappa shape index (κ1) is 16.7. The lowest BCUT2D eigenvalue weighted by Crippen LogP contribution is -2.42. The summed E-state index contributed by atoms with van der Waals surface area (Å²) in [5.41, 5.74) is -0.695. The van der Waals surface area contributed by atoms with Gasteiger partial charge in [-0.15, -0.1) is 0 Å². The van der Waals surface area contributed by atoms with E-state index in [-0.39, 0.29) is 17.3 Å². The molecular weight excluding hydrogens is 278 g/mol. The quantitative estimate of drug-likeness (QED) is 0.890. The smallest absolute Gasteiger partial charge is 0.253 e. The number of aliphatic hydroxyl groups is 1. The van der Waals surface area contributed by atoms with E-state index in [0.29, 0.717) is 12.1 Å². The molecule has 1 amide bonds. The van der Waals surface area contributed by atoms with Crippen molar-refractivity contribution in [1.29, 1.82) is 0 Å². The molecule has 0 unspecified atom stereocenters. The Kier molecular flexibility index (Phi) is 4.94. The fourth-order valence-corrected chi connectivity index (χ4v) is 2.50. The highest BCUT2D eigenvalue weighted by molar-refractivity contribution is 7.90. The van der Waals surface area contributed by atoms with Crippen LogP contribution in [0.4, 0.5) is 0 Å². The summed E-state index contributed by atoms with van der Waals surface area (Å²) in [6.07, 6.45) is 1.10. The van der Waals surface area contributed by atoms with Crippen LogP contribution in [0.15, 0.2) is 29.2 Å². The summed E-state index contributed by atoms with van der Waals surface area (Å²) in [6, 6.07) is 5.94. The Morgan fingerprint density at radius 3 is 2.40 bits per heavy atom. The largest absolute Gasteiger partial charge is 0.389 e. The molecule has 0 radical (unpaired) electrons. The summed E-state index contributed by atoms with van der Waals surface area (Å²) in [6.45, 7) is 5.67. The molecule has 0 saturated heterocycles. The van der Waals surface area contributed by atoms with Gasteiger partial charge in [0.05, 0.1) is 10.5 Å². The second-order valence-electron chi connectivity index (χ2n) is 5.43. The standard InChI is InChI=1S/C14H21NO4S/c1-5-15(10-14(2,3)17)13(16)11-7-6-8-12(9-11)20(4,18)19/h6-9,17H,5,10H2,1-4H3. The molecule has 20 heavy (non-hydrogen) atoms. The van der Waals surface area contributed by atoms with Crippen molar-refractivity contribution in [3.8, 4) is 0 Å². The highest BCUT2D eigenvalue weighted by atomic mass is 32.2. The van der Waals surface area contributed by atoms with Gasteiger partial charge in [0, 0.05) is 24.9 Å². The average Bonchev–Trinajstić information content (AvgIpc) is 2.33. The molecule has 0 fully saturated rings. The van der Waals surface area contributed by atoms with E-state index in [2.05, 4.69) is 0 Å². The molecule has 0 aliphatic carbocycles. The number of carbonyl (C=O) groups is 1. The molecule has 1 N–H and O–H groups in total. The molecule has 0 atom stereocenters. The zero-order valence-corrected chi connectivity index (χ0v) is 13.1. The summed E-state index contributed by atoms with van der Waals surface area (Å²) in [5, 5.41) is 9.81. The van der Waals surface area contributed by atoms with Crippen LogP contribution in [0.5, 0.6) is 0 Å². The zero-order valence-electron chi connectivity index (χ0n) is 12.3. The minimum absolute atomic E-state index is 0.114. The Bertz CT molecular complexity index is 587. The Hall–Kier alpha value is -1.40. The SMILES string of the molecule is CCN(CC(C)(C)O)C(=O)c1cccc(S(C)(=O)=O)c1. The first-order chi connectivity index (χ1) is 9.04. The van der Waals surface area contributed by atoms with E-state index in [0.717, 1.165) is 6.26 Å². The maximum Gasteiger partial charge on any atom is 0.253 e. The van der Waals surface area contributed by atoms with Crippen LogP contribution in [0, 0.1) is 0 Å². The minimum Gasteiger partial charge on any atom is -0.389 e. The molecule has 0 aromatic heterocycles. The molecule has 0 aliphatic rings. The first-order valence-electron chi connectivity index (χ1n) is 6.36. The number of hydrogen-bond donors (Lipinski definition) is 1. The third-order valence-electron chi connectivity index (χ3n) is 2.76. The summed E-state index contributed by atoms with van der Waals surface area (Å²) < 4.78 is 23.0. The Labute approximate surface area is 120 Å². The predicted octanol–water partition coefficient (Wildman–Crippen LogP) is 1.32. The van der Waals surface area contributed by atoms with E-state index in [1.54, 1.807) is 26.0 Å². The summed E-state index contributed by atoms with van der Waals surface area (Å²) in [7, 11) is -3.35. The van der Waals surface area contributed by atoms with Gasteiger partial charge in [0.25, 0.3) is 5.91 Å². The monoisotopic (exact) mass is 299 g/mol. The third kappa shape index (κ3) is 4.61. The molecule has 0 aliphatic heterocycles. The van der Waals surface area contributed by atoms with Crippen LogP contribution in [-0.4, -0.2) is 49.3 Å². The third-order valence-corrected chi connectivity index (χ3v) is 3.87. The predicted molar refractivity (Wildman–Crippen MR) is 77.4 cm³/mol. The average molecular weight is 299 g/mol. The molecule has 1 aromatic rings. The molecule has 1 rings (SSSR count). The fraction of sp³-hybridized carbons (Fsp3) is 0.500. The Morgan fingerprint density at radius 2 is 1.95 bits per heavy atom. The molecule has 0 saturated carbocycles. The molecule has 1 aromatic carbocycles. The zero-order chi connectivity index (χ0) is 15.6. The first-order valence-corrected chi connectivity index (χ1v) is 8.25. The highest BCUT2D eigenvalue weighted by Crippen LogP contribution is 2.15. The number of carbonyl (C=O) groups excluding carboxylic acids is 1. The van der Waals surface area contributed by atoms with Crippen molar-refractivity contribution in [2.45, 2.75) is 31.3 Å². The van der Waals surface area contributed by atoms with Crippen molar-refractivity contribution < 1.29 is 18.3 Å². The summed E-state index contributed by atoms with van der Waals surface area (Å²) in [5.74, 6) is -0.292. The van der Waals surface area contributed by atoms with E-state index in [1.165, 1.54) is 17.0 Å². The van der Waals surface area contributed by atoms with Gasteiger partial charge in [-0.2, -0.15) is 0 Å². The second-order valence-corrected chi connectivity index (χ2v) is 7.45. The van der Waals surface area contributed by atoms with Gasteiger partial charge in [-0.25, -0.2) is 8.42 Å². The van der Waals surface area contributed by atoms with Crippen molar-refractivity contribution in [3.05, 3.63) is 29.8 Å². The Balaban J connectivity index is 3.08. The number of rotatable bonds is 5. The van der Waals surface area contributed by atoms with Gasteiger partial charge in [0.15, 0.2) is 9.84 Å². The van der Waals surface area contributed by atoms with Crippen molar-refractivity contribution in [2.75, 3.05) is 19.3 Å². The number of nitrogens with zero attached hydrogens (tertiary/aromatic N) is 1. The van der Waals surface area contributed by atoms with E-state index in [4.69, 9.17) is 0 Å². The normalized spacial score (nSPS) is 12.2. The van der Waals surface area contributed by atoms with E-state index < -0.39 is 15.4 Å². The summed E-state index contributed by atoms with van der Waals surface area (Å²) >= 11 is 0. The van der Waals surface area contributed by atoms with E-state index >= 15 is 0 Å². The Morgan fingerprint density at radius 1 is 1.35 bits per heavy atom. The summed E-state index contributed by atoms with van der Waals surface area (Å²) in [4.78, 5) is 14.0. The van der Waals surface area contributed by atoms with Gasteiger partial charge in [-0.1, -0.05) is 6.07 Å². The van der Waals surface area contributed by atoms with Crippen LogP contribution in [0.2, 0.25) is 0 Å². The van der Waals surface area contributed by atoms with Crippen LogP contribution in [0.3, 0.4) is 0 Å². The molecule has 0 bridgehead atoms. The van der Waals surface area contributed by atoms with Crippen molar-refractivity contribution in [2.24, 2.45) is 0 Å². The molecule has 0 spiro atoms. The van der Waals surface area contributed by atoms with Crippen LogP contribution in [-0.2, 0) is 9.84 Å². The second kappa shape index (κ2) is 5.93.